The van der Waals surface area contributed by atoms with E-state index in [1.165, 1.54) is 58.3 Å². The van der Waals surface area contributed by atoms with Gasteiger partial charge in [0.15, 0.2) is 0 Å². The van der Waals surface area contributed by atoms with Crippen LogP contribution in [0.2, 0.25) is 0 Å². The fourth-order valence-corrected chi connectivity index (χ4v) is 5.13. The topological polar surface area (TPSA) is 30.0 Å². The molecule has 0 bridgehead atoms. The van der Waals surface area contributed by atoms with Gasteiger partial charge in [-0.25, -0.2) is 0 Å². The summed E-state index contributed by atoms with van der Waals surface area (Å²) < 4.78 is 0. The van der Waals surface area contributed by atoms with Gasteiger partial charge in [-0.3, -0.25) is 19.5 Å². The van der Waals surface area contributed by atoms with E-state index in [4.69, 9.17) is 0 Å². The first-order valence-corrected chi connectivity index (χ1v) is 10.6. The Hall–Kier alpha value is -0.650. The monoisotopic (exact) mass is 348 g/mol. The zero-order chi connectivity index (χ0) is 17.4. The molecule has 0 aromatic rings. The van der Waals surface area contributed by atoms with Crippen LogP contribution in [0.4, 0.5) is 0 Å². The summed E-state index contributed by atoms with van der Waals surface area (Å²) in [7, 11) is 0. The molecular formula is C20H36N4O. The number of likely N-dealkylation sites (tertiary alicyclic amines) is 2. The first-order chi connectivity index (χ1) is 12.1. The summed E-state index contributed by atoms with van der Waals surface area (Å²) in [5.41, 5.74) is 0. The molecule has 5 heteroatoms. The Bertz CT molecular complexity index is 456. The minimum atomic E-state index is 0.270. The molecule has 1 amide bonds. The van der Waals surface area contributed by atoms with Gasteiger partial charge in [0, 0.05) is 70.5 Å². The number of hydrogen-bond acceptors (Lipinski definition) is 4. The Morgan fingerprint density at radius 2 is 1.36 bits per heavy atom. The second kappa shape index (κ2) is 7.53. The summed E-state index contributed by atoms with van der Waals surface area (Å²) in [6, 6.07) is 2.06. The zero-order valence-corrected chi connectivity index (χ0v) is 16.2. The molecule has 0 atom stereocenters. The molecule has 25 heavy (non-hydrogen) atoms. The average molecular weight is 349 g/mol. The van der Waals surface area contributed by atoms with E-state index < -0.39 is 0 Å². The van der Waals surface area contributed by atoms with Gasteiger partial charge >= 0.3 is 0 Å². The lowest BCUT2D eigenvalue weighted by molar-refractivity contribution is -0.150. The van der Waals surface area contributed by atoms with Gasteiger partial charge in [0.25, 0.3) is 0 Å². The van der Waals surface area contributed by atoms with Crippen LogP contribution in [0.3, 0.4) is 0 Å². The normalized spacial score (nSPS) is 29.0. The lowest BCUT2D eigenvalue weighted by Gasteiger charge is -2.51. The molecular weight excluding hydrogens is 312 g/mol. The van der Waals surface area contributed by atoms with Crippen LogP contribution >= 0.6 is 0 Å². The van der Waals surface area contributed by atoms with Crippen LogP contribution < -0.4 is 0 Å². The highest BCUT2D eigenvalue weighted by Gasteiger charge is 2.42. The molecule has 0 aromatic carbocycles. The van der Waals surface area contributed by atoms with Gasteiger partial charge in [-0.15, -0.1) is 0 Å². The predicted molar refractivity (Wildman–Crippen MR) is 101 cm³/mol. The Morgan fingerprint density at radius 3 is 1.92 bits per heavy atom. The highest BCUT2D eigenvalue weighted by atomic mass is 16.2. The maximum atomic E-state index is 12.5. The molecule has 3 heterocycles. The van der Waals surface area contributed by atoms with Gasteiger partial charge in [0.1, 0.15) is 0 Å². The van der Waals surface area contributed by atoms with Gasteiger partial charge in [-0.2, -0.15) is 0 Å². The molecule has 3 aliphatic heterocycles. The minimum absolute atomic E-state index is 0.270. The third-order valence-electron chi connectivity index (χ3n) is 7.12. The van der Waals surface area contributed by atoms with E-state index in [1.54, 1.807) is 0 Å². The third kappa shape index (κ3) is 3.74. The van der Waals surface area contributed by atoms with E-state index in [-0.39, 0.29) is 5.92 Å². The molecule has 4 fully saturated rings. The summed E-state index contributed by atoms with van der Waals surface area (Å²) in [5.74, 6) is 0.681. The van der Waals surface area contributed by atoms with E-state index in [0.29, 0.717) is 18.0 Å². The van der Waals surface area contributed by atoms with Gasteiger partial charge < -0.3 is 4.90 Å². The van der Waals surface area contributed by atoms with E-state index >= 15 is 0 Å². The summed E-state index contributed by atoms with van der Waals surface area (Å²) in [5, 5.41) is 0. The van der Waals surface area contributed by atoms with E-state index in [2.05, 4.69) is 33.4 Å². The second-order valence-corrected chi connectivity index (χ2v) is 9.01. The summed E-state index contributed by atoms with van der Waals surface area (Å²) in [4.78, 5) is 22.4. The molecule has 0 spiro atoms. The second-order valence-electron chi connectivity index (χ2n) is 9.01. The minimum Gasteiger partial charge on any atom is -0.339 e. The molecule has 142 valence electrons. The van der Waals surface area contributed by atoms with Crippen molar-refractivity contribution in [3.8, 4) is 0 Å². The molecule has 1 aliphatic carbocycles. The predicted octanol–water partition coefficient (Wildman–Crippen LogP) is 1.49. The third-order valence-corrected chi connectivity index (χ3v) is 7.12. The molecule has 3 saturated heterocycles. The molecule has 4 aliphatic rings. The van der Waals surface area contributed by atoms with Crippen LogP contribution in [0, 0.1) is 5.92 Å². The van der Waals surface area contributed by atoms with Crippen molar-refractivity contribution in [3.63, 3.8) is 0 Å². The fourth-order valence-electron chi connectivity index (χ4n) is 5.13. The van der Waals surface area contributed by atoms with Crippen LogP contribution in [0.25, 0.3) is 0 Å². The van der Waals surface area contributed by atoms with Crippen molar-refractivity contribution in [1.82, 2.24) is 19.6 Å². The number of carbonyl (C=O) groups is 1. The molecule has 4 rings (SSSR count). The molecule has 1 saturated carbocycles. The summed E-state index contributed by atoms with van der Waals surface area (Å²) >= 11 is 0. The first-order valence-electron chi connectivity index (χ1n) is 10.6. The fraction of sp³-hybridized carbons (Fsp3) is 0.950. The van der Waals surface area contributed by atoms with Crippen molar-refractivity contribution in [3.05, 3.63) is 0 Å². The van der Waals surface area contributed by atoms with Gasteiger partial charge in [0.05, 0.1) is 5.92 Å². The van der Waals surface area contributed by atoms with E-state index in [1.807, 2.05) is 0 Å². The Morgan fingerprint density at radius 1 is 0.800 bits per heavy atom. The van der Waals surface area contributed by atoms with Crippen molar-refractivity contribution in [2.75, 3.05) is 52.4 Å². The van der Waals surface area contributed by atoms with Crippen molar-refractivity contribution in [2.45, 2.75) is 64.1 Å². The standard InChI is InChI=1S/C20H36N4O/c1-16(2)23-12-17(13-23)20(25)24-14-19(15-24)22-10-8-21(9-11-22)18-6-4-3-5-7-18/h16-19H,3-15H2,1-2H3. The Labute approximate surface area is 153 Å². The van der Waals surface area contributed by atoms with Gasteiger partial charge in [-0.1, -0.05) is 19.3 Å². The van der Waals surface area contributed by atoms with Gasteiger partial charge in [-0.05, 0) is 26.7 Å². The highest BCUT2D eigenvalue weighted by Crippen LogP contribution is 2.27. The van der Waals surface area contributed by atoms with Crippen molar-refractivity contribution in [2.24, 2.45) is 5.92 Å². The highest BCUT2D eigenvalue weighted by molar-refractivity contribution is 5.81. The zero-order valence-electron chi connectivity index (χ0n) is 16.2. The van der Waals surface area contributed by atoms with Crippen LogP contribution in [0.15, 0.2) is 0 Å². The van der Waals surface area contributed by atoms with Crippen molar-refractivity contribution in [1.29, 1.82) is 0 Å². The molecule has 0 aromatic heterocycles. The van der Waals surface area contributed by atoms with Crippen LogP contribution in [0.1, 0.15) is 46.0 Å². The molecule has 0 unspecified atom stereocenters. The maximum Gasteiger partial charge on any atom is 0.228 e. The van der Waals surface area contributed by atoms with Gasteiger partial charge in [0.2, 0.25) is 5.91 Å². The summed E-state index contributed by atoms with van der Waals surface area (Å²) in [6.07, 6.45) is 7.14. The van der Waals surface area contributed by atoms with E-state index in [9.17, 15) is 4.79 Å². The van der Waals surface area contributed by atoms with Crippen LogP contribution in [0.5, 0.6) is 0 Å². The number of amides is 1. The number of rotatable bonds is 4. The quantitative estimate of drug-likeness (QED) is 0.770. The largest absolute Gasteiger partial charge is 0.339 e. The first kappa shape index (κ1) is 17.7. The SMILES string of the molecule is CC(C)N1CC(C(=O)N2CC(N3CCN(C4CCCCC4)CC3)C2)C1. The van der Waals surface area contributed by atoms with E-state index in [0.717, 1.165) is 32.2 Å². The summed E-state index contributed by atoms with van der Waals surface area (Å²) in [6.45, 7) is 13.2. The van der Waals surface area contributed by atoms with Crippen molar-refractivity contribution >= 4 is 5.91 Å². The van der Waals surface area contributed by atoms with Crippen LogP contribution in [-0.4, -0.2) is 96.0 Å². The number of hydrogen-bond donors (Lipinski definition) is 0. The lowest BCUT2D eigenvalue weighted by atomic mass is 9.93. The van der Waals surface area contributed by atoms with Crippen molar-refractivity contribution < 1.29 is 4.79 Å². The lowest BCUT2D eigenvalue weighted by Crippen LogP contribution is -2.67. The average Bonchev–Trinajstić information content (AvgIpc) is 2.53. The Kier molecular flexibility index (Phi) is 5.35. The van der Waals surface area contributed by atoms with Crippen LogP contribution in [-0.2, 0) is 4.79 Å². The number of carbonyl (C=O) groups excluding carboxylic acids is 1. The molecule has 0 radical (unpaired) electrons. The molecule has 0 N–H and O–H groups in total. The number of piperazine rings is 1. The number of nitrogens with zero attached hydrogens (tertiary/aromatic N) is 4. The molecule has 5 nitrogen and oxygen atoms in total. The maximum absolute atomic E-state index is 12.5. The Balaban J connectivity index is 1.16. The smallest absolute Gasteiger partial charge is 0.228 e.